The van der Waals surface area contributed by atoms with Crippen LogP contribution in [0.25, 0.3) is 0 Å². The van der Waals surface area contributed by atoms with Crippen molar-refractivity contribution in [3.8, 4) is 0 Å². The summed E-state index contributed by atoms with van der Waals surface area (Å²) in [5.74, 6) is 0. The van der Waals surface area contributed by atoms with Crippen LogP contribution in [0, 0.1) is 0 Å². The Kier molecular flexibility index (Phi) is 3.21. The molecule has 14 heavy (non-hydrogen) atoms. The maximum absolute atomic E-state index is 12.5. The van der Waals surface area contributed by atoms with Crippen LogP contribution < -0.4 is 5.73 Å². The molecule has 0 aromatic carbocycles. The predicted molar refractivity (Wildman–Crippen MR) is 46.6 cm³/mol. The average Bonchev–Trinajstić information content (AvgIpc) is 2.16. The summed E-state index contributed by atoms with van der Waals surface area (Å²) in [4.78, 5) is 0. The number of hydrogen-bond donors (Lipinski definition) is 2. The van der Waals surface area contributed by atoms with E-state index in [1.54, 1.807) is 0 Å². The van der Waals surface area contributed by atoms with Gasteiger partial charge in [-0.1, -0.05) is 6.08 Å². The second-order valence-corrected chi connectivity index (χ2v) is 3.54. The third kappa shape index (κ3) is 1.93. The minimum Gasteiger partial charge on any atom is -0.376 e. The third-order valence-electron chi connectivity index (χ3n) is 2.59. The molecule has 82 valence electrons. The topological polar surface area (TPSA) is 46.2 Å². The Labute approximate surface area is 80.6 Å². The van der Waals surface area contributed by atoms with Gasteiger partial charge in [-0.25, -0.2) is 0 Å². The van der Waals surface area contributed by atoms with Crippen molar-refractivity contribution in [1.29, 1.82) is 0 Å². The first-order valence-electron chi connectivity index (χ1n) is 4.60. The van der Waals surface area contributed by atoms with Gasteiger partial charge in [-0.3, -0.25) is 0 Å². The van der Waals surface area contributed by atoms with E-state index < -0.39 is 18.3 Å². The zero-order valence-corrected chi connectivity index (χ0v) is 7.77. The smallest absolute Gasteiger partial charge is 0.376 e. The lowest BCUT2D eigenvalue weighted by molar-refractivity contribution is -0.241. The molecule has 0 aromatic rings. The molecule has 1 atom stereocenters. The molecule has 3 N–H and O–H groups in total. The molecule has 1 aliphatic rings. The lowest BCUT2D eigenvalue weighted by Crippen LogP contribution is -2.52. The van der Waals surface area contributed by atoms with Crippen LogP contribution in [0.1, 0.15) is 25.7 Å². The summed E-state index contributed by atoms with van der Waals surface area (Å²) < 4.78 is 37.6. The van der Waals surface area contributed by atoms with Crippen LogP contribution in [0.5, 0.6) is 0 Å². The van der Waals surface area contributed by atoms with Crippen molar-refractivity contribution in [2.24, 2.45) is 5.73 Å². The average molecular weight is 209 g/mol. The maximum atomic E-state index is 12.5. The Hall–Kier alpha value is -0.550. The minimum absolute atomic E-state index is 0.0266. The second kappa shape index (κ2) is 3.90. The highest BCUT2D eigenvalue weighted by Gasteiger charge is 2.54. The van der Waals surface area contributed by atoms with Crippen LogP contribution in [-0.2, 0) is 0 Å². The van der Waals surface area contributed by atoms with Gasteiger partial charge >= 0.3 is 6.18 Å². The molecule has 2 nitrogen and oxygen atoms in total. The first-order valence-corrected chi connectivity index (χ1v) is 4.60. The molecule has 0 spiro atoms. The first kappa shape index (κ1) is 11.5. The zero-order valence-electron chi connectivity index (χ0n) is 7.77. The van der Waals surface area contributed by atoms with Crippen LogP contribution in [0.3, 0.4) is 0 Å². The van der Waals surface area contributed by atoms with Crippen molar-refractivity contribution in [2.45, 2.75) is 37.5 Å². The van der Waals surface area contributed by atoms with E-state index in [2.05, 4.69) is 0 Å². The molecule has 1 rings (SSSR count). The number of aliphatic hydroxyl groups is 1. The Morgan fingerprint density at radius 2 is 2.00 bits per heavy atom. The fourth-order valence-electron chi connectivity index (χ4n) is 1.64. The summed E-state index contributed by atoms with van der Waals surface area (Å²) in [5.41, 5.74) is 2.23. The van der Waals surface area contributed by atoms with Gasteiger partial charge in [-0.05, 0) is 31.3 Å². The predicted octanol–water partition coefficient (Wildman–Crippen LogP) is 1.74. The molecule has 0 radical (unpaired) electrons. The molecule has 0 amide bonds. The second-order valence-electron chi connectivity index (χ2n) is 3.54. The highest BCUT2D eigenvalue weighted by molar-refractivity contribution is 5.22. The number of rotatable bonds is 2. The van der Waals surface area contributed by atoms with Gasteiger partial charge in [0.05, 0.1) is 0 Å². The van der Waals surface area contributed by atoms with Crippen molar-refractivity contribution in [2.75, 3.05) is 6.54 Å². The standard InChI is InChI=1S/C9H14F3NO/c10-9(11,12)8(14,6-13)7-4-2-1-3-5-7/h4,14H,1-3,5-6,13H2. The van der Waals surface area contributed by atoms with Crippen molar-refractivity contribution >= 4 is 0 Å². The molecular formula is C9H14F3NO. The molecule has 0 aromatic heterocycles. The van der Waals surface area contributed by atoms with Gasteiger partial charge < -0.3 is 10.8 Å². The molecule has 1 unspecified atom stereocenters. The van der Waals surface area contributed by atoms with Gasteiger partial charge in [-0.15, -0.1) is 0 Å². The largest absolute Gasteiger partial charge is 0.422 e. The van der Waals surface area contributed by atoms with E-state index in [-0.39, 0.29) is 12.0 Å². The fraction of sp³-hybridized carbons (Fsp3) is 0.778. The maximum Gasteiger partial charge on any atom is 0.422 e. The van der Waals surface area contributed by atoms with E-state index >= 15 is 0 Å². The molecule has 1 aliphatic carbocycles. The van der Waals surface area contributed by atoms with E-state index in [1.807, 2.05) is 0 Å². The van der Waals surface area contributed by atoms with E-state index in [1.165, 1.54) is 6.08 Å². The normalized spacial score (nSPS) is 22.8. The van der Waals surface area contributed by atoms with E-state index in [4.69, 9.17) is 5.73 Å². The molecule has 0 aliphatic heterocycles. The summed E-state index contributed by atoms with van der Waals surface area (Å²) in [6.07, 6.45) is -0.776. The number of nitrogens with two attached hydrogens (primary N) is 1. The summed E-state index contributed by atoms with van der Waals surface area (Å²) in [6.45, 7) is -0.803. The zero-order chi connectivity index (χ0) is 10.8. The van der Waals surface area contributed by atoms with Crippen molar-refractivity contribution in [3.05, 3.63) is 11.6 Å². The molecular weight excluding hydrogens is 195 g/mol. The van der Waals surface area contributed by atoms with Crippen LogP contribution >= 0.6 is 0 Å². The Balaban J connectivity index is 2.94. The number of hydrogen-bond acceptors (Lipinski definition) is 2. The first-order chi connectivity index (χ1) is 6.42. The van der Waals surface area contributed by atoms with Gasteiger partial charge in [0.15, 0.2) is 5.60 Å². The summed E-state index contributed by atoms with van der Waals surface area (Å²) in [7, 11) is 0. The summed E-state index contributed by atoms with van der Waals surface area (Å²) >= 11 is 0. The van der Waals surface area contributed by atoms with Crippen molar-refractivity contribution in [1.82, 2.24) is 0 Å². The van der Waals surface area contributed by atoms with Crippen LogP contribution in [0.15, 0.2) is 11.6 Å². The van der Waals surface area contributed by atoms with Gasteiger partial charge in [0.25, 0.3) is 0 Å². The summed E-state index contributed by atoms with van der Waals surface area (Å²) in [6, 6.07) is 0. The van der Waals surface area contributed by atoms with Gasteiger partial charge in [0.2, 0.25) is 0 Å². The van der Waals surface area contributed by atoms with Crippen molar-refractivity contribution in [3.63, 3.8) is 0 Å². The molecule has 0 heterocycles. The number of allylic oxidation sites excluding steroid dienone is 1. The lowest BCUT2D eigenvalue weighted by atomic mass is 9.85. The monoisotopic (exact) mass is 209 g/mol. The number of halogens is 3. The molecule has 0 saturated carbocycles. The molecule has 5 heteroatoms. The van der Waals surface area contributed by atoms with Gasteiger partial charge in [-0.2, -0.15) is 13.2 Å². The lowest BCUT2D eigenvalue weighted by Gasteiger charge is -2.33. The SMILES string of the molecule is NCC(O)(C1=CCCCC1)C(F)(F)F. The highest BCUT2D eigenvalue weighted by Crippen LogP contribution is 2.39. The Morgan fingerprint density at radius 3 is 2.36 bits per heavy atom. The minimum atomic E-state index is -4.68. The van der Waals surface area contributed by atoms with Gasteiger partial charge in [0, 0.05) is 6.54 Å². The highest BCUT2D eigenvalue weighted by atomic mass is 19.4. The van der Waals surface area contributed by atoms with Crippen LogP contribution in [0.4, 0.5) is 13.2 Å². The molecule has 0 bridgehead atoms. The quantitative estimate of drug-likeness (QED) is 0.680. The van der Waals surface area contributed by atoms with E-state index in [0.717, 1.165) is 6.42 Å². The number of alkyl halides is 3. The van der Waals surface area contributed by atoms with E-state index in [0.29, 0.717) is 12.8 Å². The molecule has 0 saturated heterocycles. The molecule has 0 fully saturated rings. The van der Waals surface area contributed by atoms with Crippen LogP contribution in [-0.4, -0.2) is 23.4 Å². The van der Waals surface area contributed by atoms with Crippen LogP contribution in [0.2, 0.25) is 0 Å². The Bertz CT molecular complexity index is 237. The fourth-order valence-corrected chi connectivity index (χ4v) is 1.64. The summed E-state index contributed by atoms with van der Waals surface area (Å²) in [5, 5.41) is 9.46. The third-order valence-corrected chi connectivity index (χ3v) is 2.59. The van der Waals surface area contributed by atoms with E-state index in [9.17, 15) is 18.3 Å². The van der Waals surface area contributed by atoms with Gasteiger partial charge in [0.1, 0.15) is 0 Å². The van der Waals surface area contributed by atoms with Crippen molar-refractivity contribution < 1.29 is 18.3 Å². The Morgan fingerprint density at radius 1 is 1.36 bits per heavy atom.